The minimum absolute atomic E-state index is 0.0207. The van der Waals surface area contributed by atoms with Gasteiger partial charge in [0, 0.05) is 46.9 Å². The lowest BCUT2D eigenvalue weighted by Gasteiger charge is -2.48. The van der Waals surface area contributed by atoms with Crippen LogP contribution in [0.1, 0.15) is 121 Å². The molecule has 128 heavy (non-hydrogen) atoms. The normalized spacial score (nSPS) is 25.6. The Bertz CT molecular complexity index is 5470. The number of aromatic hydroxyl groups is 3. The molecule has 682 valence electrons. The van der Waals surface area contributed by atoms with Gasteiger partial charge in [0.25, 0.3) is 11.8 Å². The molecule has 0 saturated carbocycles. The summed E-state index contributed by atoms with van der Waals surface area (Å²) in [5, 5.41) is 129. The van der Waals surface area contributed by atoms with E-state index in [2.05, 4.69) is 52.6 Å². The third kappa shape index (κ3) is 21.6. The number of phenolic OH excluding ortho intramolecular Hbond substituents is 3. The summed E-state index contributed by atoms with van der Waals surface area (Å²) in [6, 6.07) is 8.56. The van der Waals surface area contributed by atoms with Crippen LogP contribution < -0.4 is 89.1 Å². The number of halogens is 5. The van der Waals surface area contributed by atoms with Crippen molar-refractivity contribution in [3.05, 3.63) is 176 Å². The van der Waals surface area contributed by atoms with E-state index < -0.39 is 283 Å². The number of alkyl halides is 3. The van der Waals surface area contributed by atoms with Crippen LogP contribution in [-0.4, -0.2) is 210 Å². The van der Waals surface area contributed by atoms with Crippen LogP contribution in [0, 0.1) is 5.92 Å². The lowest BCUT2D eigenvalue weighted by molar-refractivity contribution is -0.334. The van der Waals surface area contributed by atoms with Crippen molar-refractivity contribution in [2.24, 2.45) is 17.4 Å². The molecule has 2 saturated heterocycles. The van der Waals surface area contributed by atoms with Gasteiger partial charge < -0.3 is 138 Å². The van der Waals surface area contributed by atoms with Gasteiger partial charge in [0.2, 0.25) is 53.4 Å². The molecule has 18 atom stereocenters. The van der Waals surface area contributed by atoms with E-state index in [-0.39, 0.29) is 47.7 Å². The number of primary amides is 2. The van der Waals surface area contributed by atoms with E-state index in [4.69, 9.17) is 63.1 Å². The molecule has 18 unspecified atom stereocenters. The highest BCUT2D eigenvalue weighted by Gasteiger charge is 2.53. The van der Waals surface area contributed by atoms with Crippen molar-refractivity contribution in [1.82, 2.24) is 53.4 Å². The van der Waals surface area contributed by atoms with Crippen molar-refractivity contribution in [2.75, 3.05) is 19.0 Å². The molecule has 7 aromatic carbocycles. The maximum atomic E-state index is 16.3. The van der Waals surface area contributed by atoms with Crippen LogP contribution in [0.15, 0.2) is 127 Å². The number of carbonyl (C=O) groups excluding carboxylic acids is 11. The van der Waals surface area contributed by atoms with Crippen LogP contribution in [0.25, 0.3) is 11.1 Å². The molecule has 11 amide bonds. The van der Waals surface area contributed by atoms with Gasteiger partial charge >= 0.3 is 18.2 Å². The molecular weight excluding hydrogens is 1740 g/mol. The Hall–Kier alpha value is -12.8. The molecule has 45 heteroatoms. The first-order valence-corrected chi connectivity index (χ1v) is 40.1. The number of aliphatic hydroxyl groups is 6. The third-order valence-corrected chi connectivity index (χ3v) is 22.1. The number of amides is 11. The maximum Gasteiger partial charge on any atom is 0.573 e. The highest BCUT2D eigenvalue weighted by atomic mass is 35.5. The van der Waals surface area contributed by atoms with Crippen LogP contribution in [0.5, 0.6) is 51.7 Å². The number of anilines is 1. The fraction of sp³-hybridized carbons (Fsp3) is 0.361. The fourth-order valence-electron chi connectivity index (χ4n) is 15.0. The quantitative estimate of drug-likeness (QED) is 0.0404. The molecule has 14 rings (SSSR count). The van der Waals surface area contributed by atoms with Crippen molar-refractivity contribution in [3.8, 4) is 62.9 Å². The molecule has 0 aromatic heterocycles. The summed E-state index contributed by atoms with van der Waals surface area (Å²) < 4.78 is 81.9. The average Bonchev–Trinajstić information content (AvgIpc) is 0.766. The predicted molar refractivity (Wildman–Crippen MR) is 437 cm³/mol. The summed E-state index contributed by atoms with van der Waals surface area (Å²) in [5.41, 5.74) is 10.4. The highest BCUT2D eigenvalue weighted by molar-refractivity contribution is 6.34. The number of aliphatic hydroxyl groups excluding tert-OH is 6. The Balaban J connectivity index is 1.01. The first kappa shape index (κ1) is 94.4. The fourth-order valence-corrected chi connectivity index (χ4v) is 15.4. The smallest absolute Gasteiger partial charge is 0.508 e. The molecular formula is C83H88Cl2F3N13O27. The molecule has 11 bridgehead atoms. The second kappa shape index (κ2) is 39.2. The van der Waals surface area contributed by atoms with Gasteiger partial charge in [0.05, 0.1) is 41.3 Å². The van der Waals surface area contributed by atoms with Gasteiger partial charge in [-0.05, 0) is 158 Å². The lowest BCUT2D eigenvalue weighted by atomic mass is 9.84. The van der Waals surface area contributed by atoms with Gasteiger partial charge in [-0.3, -0.25) is 63.6 Å². The standard InChI is InChI=1S/C83H88Cl2F3N13O27/c1-32(2)19-47(91-5)73(114)98-62-64(107)37-12-17-51(45(84)22-37)123-53-24-39-25-54(68(53)127-81-69(67(110)66(109)55(31-102)125-81)126-57-29-82(4,70(111)33(3)122-57)92-30-34-7-6-8-40(20-34)93-72(113)35-9-14-42(15-10-35)128-83(86,87)88)124-52-18-13-38(23-46(52)85)65(108)63-78(119)97-61(79(120)100-101-80(121)71(90)112)44-26-41(103)27-50(105)58(44)43-21-36(11-16-49(43)104)59(75(116)99-63)96-76(117)60(39)95-74(115)48(28-56(89)106)94-77(62)118/h6-18,20-27,32-33,47-48,55,57,59-67,69-70,81,91-92,102-105,107-111H,19,28-31H2,1-5H3,(H2,89,106)(H2,90,112)(H,93,113)(H,94,118)(H,95,115)(H,96,117)(H,97,119)(H,98,114)(H,99,116)(H,100,120)(H,101,121). The van der Waals surface area contributed by atoms with Crippen molar-refractivity contribution in [3.63, 3.8) is 0 Å². The molecule has 7 aliphatic heterocycles. The number of benzene rings is 7. The van der Waals surface area contributed by atoms with Crippen LogP contribution in [0.4, 0.5) is 18.9 Å². The molecule has 0 spiro atoms. The van der Waals surface area contributed by atoms with Gasteiger partial charge in [0.1, 0.15) is 101 Å². The van der Waals surface area contributed by atoms with Gasteiger partial charge in [-0.1, -0.05) is 67.4 Å². The van der Waals surface area contributed by atoms with Crippen LogP contribution in [-0.2, 0) is 68.7 Å². The van der Waals surface area contributed by atoms with Gasteiger partial charge in [0.15, 0.2) is 23.9 Å². The van der Waals surface area contributed by atoms with E-state index in [1.54, 1.807) is 44.4 Å². The minimum atomic E-state index is -4.98. The van der Waals surface area contributed by atoms with E-state index in [0.717, 1.165) is 91.0 Å². The van der Waals surface area contributed by atoms with E-state index in [1.165, 1.54) is 26.1 Å². The molecule has 7 aromatic rings. The minimum Gasteiger partial charge on any atom is -0.508 e. The Morgan fingerprint density at radius 1 is 0.680 bits per heavy atom. The molecule has 0 radical (unpaired) electrons. The summed E-state index contributed by atoms with van der Waals surface area (Å²) in [4.78, 5) is 158. The van der Waals surface area contributed by atoms with Crippen molar-refractivity contribution in [1.29, 1.82) is 0 Å². The lowest BCUT2D eigenvalue weighted by Crippen LogP contribution is -2.65. The first-order valence-electron chi connectivity index (χ1n) is 39.3. The number of fused-ring (bicyclic) bond motifs is 15. The number of hydrogen-bond donors (Lipinski definition) is 22. The number of carbonyl (C=O) groups is 11. The number of likely N-dealkylation sites (N-methyl/N-ethyl adjacent to an activating group) is 1. The zero-order chi connectivity index (χ0) is 93.0. The van der Waals surface area contributed by atoms with Gasteiger partial charge in [-0.25, -0.2) is 0 Å². The Morgan fingerprint density at radius 3 is 1.93 bits per heavy atom. The Morgan fingerprint density at radius 2 is 1.31 bits per heavy atom. The van der Waals surface area contributed by atoms with E-state index in [1.807, 2.05) is 5.43 Å². The molecule has 40 nitrogen and oxygen atoms in total. The van der Waals surface area contributed by atoms with E-state index in [9.17, 15) is 87.9 Å². The number of hydrogen-bond acceptors (Lipinski definition) is 29. The van der Waals surface area contributed by atoms with Crippen LogP contribution >= 0.6 is 23.2 Å². The summed E-state index contributed by atoms with van der Waals surface area (Å²) in [6.45, 7) is 5.53. The second-order valence-corrected chi connectivity index (χ2v) is 32.0. The summed E-state index contributed by atoms with van der Waals surface area (Å²) in [7, 11) is 1.45. The Labute approximate surface area is 733 Å². The number of nitrogens with two attached hydrogens (primary N) is 2. The number of hydrazine groups is 1. The highest BCUT2D eigenvalue weighted by Crippen LogP contribution is 2.50. The number of nitrogens with one attached hydrogen (secondary N) is 11. The third-order valence-electron chi connectivity index (χ3n) is 21.5. The summed E-state index contributed by atoms with van der Waals surface area (Å²) in [6.07, 6.45) is -25.0. The van der Waals surface area contributed by atoms with Crippen molar-refractivity contribution in [2.45, 2.75) is 169 Å². The molecule has 7 heterocycles. The molecule has 0 aliphatic carbocycles. The second-order valence-electron chi connectivity index (χ2n) is 31.2. The first-order chi connectivity index (χ1) is 60.5. The van der Waals surface area contributed by atoms with Crippen LogP contribution in [0.2, 0.25) is 10.0 Å². The monoisotopic (exact) mass is 1830 g/mol. The topological polar surface area (TPSA) is 619 Å². The summed E-state index contributed by atoms with van der Waals surface area (Å²) >= 11 is 14.3. The van der Waals surface area contributed by atoms with Crippen LogP contribution in [0.3, 0.4) is 0 Å². The predicted octanol–water partition coefficient (Wildman–Crippen LogP) is 1.64. The van der Waals surface area contributed by atoms with Crippen molar-refractivity contribution < 1.29 is 145 Å². The average molecular weight is 1830 g/mol. The Kier molecular flexibility index (Phi) is 28.9. The molecule has 24 N–H and O–H groups in total. The largest absolute Gasteiger partial charge is 0.573 e. The van der Waals surface area contributed by atoms with E-state index in [0.29, 0.717) is 11.6 Å². The maximum absolute atomic E-state index is 16.3. The zero-order valence-electron chi connectivity index (χ0n) is 68.0. The van der Waals surface area contributed by atoms with Gasteiger partial charge in [-0.2, -0.15) is 0 Å². The van der Waals surface area contributed by atoms with Crippen molar-refractivity contribution >= 4 is 93.9 Å². The summed E-state index contributed by atoms with van der Waals surface area (Å²) in [5.74, 6) is -21.3. The number of rotatable bonds is 19. The molecule has 2 fully saturated rings. The van der Waals surface area contributed by atoms with E-state index >= 15 is 24.0 Å². The SMILES string of the molecule is CNC(CC(C)C)C(=O)NC1C(=O)NC(CC(N)=O)C(=O)NC2C(=O)NC3C(=O)NC(C(=O)NC(C(=O)NNC(=O)C(N)=O)c4cc(O)cc(O)c4-c4cc3ccc4O)C(O)c3ccc(c(Cl)c3)Oc3cc2cc(c3OC2OC(CO)C(O)C(O)C2OC2CC(C)(NCc3cccc(NC(=O)c4ccc(OC(F)(F)F)cc4)c3)C(O)C(C)O2)Oc2ccc(cc2Cl)C1O. The number of phenols is 3. The van der Waals surface area contributed by atoms with Gasteiger partial charge in [-0.15, -0.1) is 13.2 Å². The zero-order valence-corrected chi connectivity index (χ0v) is 69.5. The molecule has 7 aliphatic rings. The number of ether oxygens (including phenoxy) is 7.